The summed E-state index contributed by atoms with van der Waals surface area (Å²) in [6.07, 6.45) is 3.66. The summed E-state index contributed by atoms with van der Waals surface area (Å²) in [5.74, 6) is 1.68. The summed E-state index contributed by atoms with van der Waals surface area (Å²) in [7, 11) is 0. The maximum atomic E-state index is 12.4. The van der Waals surface area contributed by atoms with E-state index in [1.54, 1.807) is 0 Å². The zero-order valence-corrected chi connectivity index (χ0v) is 14.9. The molecule has 8 heteroatoms. The van der Waals surface area contributed by atoms with Gasteiger partial charge in [-0.1, -0.05) is 6.92 Å². The molecule has 1 aliphatic carbocycles. The molecule has 1 saturated heterocycles. The molecule has 2 N–H and O–H groups in total. The van der Waals surface area contributed by atoms with Crippen molar-refractivity contribution in [1.29, 1.82) is 5.26 Å². The van der Waals surface area contributed by atoms with E-state index in [0.29, 0.717) is 25.5 Å². The molecule has 136 valence electrons. The van der Waals surface area contributed by atoms with Crippen LogP contribution in [0.1, 0.15) is 50.9 Å². The number of ether oxygens (including phenoxy) is 1. The van der Waals surface area contributed by atoms with Crippen molar-refractivity contribution in [2.75, 3.05) is 26.2 Å². The Morgan fingerprint density at radius 3 is 3.04 bits per heavy atom. The third-order valence-electron chi connectivity index (χ3n) is 4.87. The highest BCUT2D eigenvalue weighted by molar-refractivity contribution is 5.79. The first-order valence-corrected chi connectivity index (χ1v) is 9.01. The lowest BCUT2D eigenvalue weighted by Crippen LogP contribution is -2.51. The number of morpholine rings is 1. The molecular weight excluding hydrogens is 320 g/mol. The predicted molar refractivity (Wildman–Crippen MR) is 90.4 cm³/mol. The van der Waals surface area contributed by atoms with Crippen molar-refractivity contribution in [2.45, 2.75) is 51.2 Å². The van der Waals surface area contributed by atoms with Crippen LogP contribution in [-0.4, -0.2) is 57.8 Å². The Kier molecular flexibility index (Phi) is 5.35. The first kappa shape index (κ1) is 17.8. The Hall–Kier alpha value is -1.98. The molecule has 1 aromatic rings. The van der Waals surface area contributed by atoms with E-state index in [0.717, 1.165) is 31.5 Å². The van der Waals surface area contributed by atoms with Gasteiger partial charge >= 0.3 is 0 Å². The second kappa shape index (κ2) is 7.50. The monoisotopic (exact) mass is 346 g/mol. The average molecular weight is 346 g/mol. The van der Waals surface area contributed by atoms with E-state index >= 15 is 0 Å². The van der Waals surface area contributed by atoms with Crippen LogP contribution in [-0.2, 0) is 16.0 Å². The molecule has 0 unspecified atom stereocenters. The molecule has 0 spiro atoms. The van der Waals surface area contributed by atoms with Gasteiger partial charge < -0.3 is 10.1 Å². The molecule has 2 heterocycles. The fourth-order valence-corrected chi connectivity index (χ4v) is 3.22. The number of rotatable bonds is 7. The van der Waals surface area contributed by atoms with Crippen LogP contribution in [0.15, 0.2) is 0 Å². The molecule has 1 amide bonds. The largest absolute Gasteiger partial charge is 0.367 e. The van der Waals surface area contributed by atoms with Gasteiger partial charge in [-0.25, -0.2) is 4.98 Å². The Morgan fingerprint density at radius 1 is 1.56 bits per heavy atom. The van der Waals surface area contributed by atoms with Gasteiger partial charge in [0.25, 0.3) is 0 Å². The SMILES string of the molecule is CCCc1nc([C@@H]2CN(CC(=O)N[C@](C)(C#N)C3CC3)CCO2)n[nH]1. The average Bonchev–Trinajstić information content (AvgIpc) is 3.36. The molecule has 8 nitrogen and oxygen atoms in total. The number of carbonyl (C=O) groups excluding carboxylic acids is 1. The van der Waals surface area contributed by atoms with E-state index < -0.39 is 5.54 Å². The number of aromatic amines is 1. The van der Waals surface area contributed by atoms with Crippen molar-refractivity contribution in [3.05, 3.63) is 11.6 Å². The fourth-order valence-electron chi connectivity index (χ4n) is 3.22. The first-order valence-electron chi connectivity index (χ1n) is 9.01. The summed E-state index contributed by atoms with van der Waals surface area (Å²) in [6, 6.07) is 2.26. The Balaban J connectivity index is 1.54. The van der Waals surface area contributed by atoms with E-state index in [1.165, 1.54) is 0 Å². The maximum absolute atomic E-state index is 12.4. The van der Waals surface area contributed by atoms with E-state index in [-0.39, 0.29) is 24.5 Å². The number of aryl methyl sites for hydroxylation is 1. The lowest BCUT2D eigenvalue weighted by molar-refractivity contribution is -0.125. The molecule has 1 aliphatic heterocycles. The zero-order chi connectivity index (χ0) is 17.9. The number of H-pyrrole nitrogens is 1. The molecule has 25 heavy (non-hydrogen) atoms. The van der Waals surface area contributed by atoms with Crippen molar-refractivity contribution in [1.82, 2.24) is 25.4 Å². The molecule has 2 aliphatic rings. The minimum absolute atomic E-state index is 0.113. The highest BCUT2D eigenvalue weighted by Gasteiger charge is 2.43. The van der Waals surface area contributed by atoms with Crippen LogP contribution in [0.5, 0.6) is 0 Å². The second-order valence-corrected chi connectivity index (χ2v) is 7.12. The van der Waals surface area contributed by atoms with Crippen LogP contribution >= 0.6 is 0 Å². The Morgan fingerprint density at radius 2 is 2.36 bits per heavy atom. The quantitative estimate of drug-likeness (QED) is 0.761. The van der Waals surface area contributed by atoms with Crippen molar-refractivity contribution in [3.8, 4) is 6.07 Å². The molecule has 0 bridgehead atoms. The summed E-state index contributed by atoms with van der Waals surface area (Å²) in [5.41, 5.74) is -0.748. The van der Waals surface area contributed by atoms with E-state index in [2.05, 4.69) is 33.5 Å². The molecule has 1 aromatic heterocycles. The molecule has 0 aromatic carbocycles. The summed E-state index contributed by atoms with van der Waals surface area (Å²) in [5, 5.41) is 19.5. The summed E-state index contributed by atoms with van der Waals surface area (Å²) in [6.45, 7) is 5.96. The number of nitrogens with zero attached hydrogens (tertiary/aromatic N) is 4. The van der Waals surface area contributed by atoms with Crippen molar-refractivity contribution in [2.24, 2.45) is 5.92 Å². The third-order valence-corrected chi connectivity index (χ3v) is 4.87. The predicted octanol–water partition coefficient (Wildman–Crippen LogP) is 0.939. The number of hydrogen-bond acceptors (Lipinski definition) is 6. The standard InChI is InChI=1S/C17H26N6O2/c1-3-4-14-19-16(22-21-14)13-9-23(7-8-25-13)10-15(24)20-17(2,11-18)12-5-6-12/h12-13H,3-10H2,1-2H3,(H,20,24)(H,19,21,22)/t13-,17+/m0/s1. The summed E-state index contributed by atoms with van der Waals surface area (Å²) < 4.78 is 5.77. The van der Waals surface area contributed by atoms with E-state index in [9.17, 15) is 10.1 Å². The molecule has 0 radical (unpaired) electrons. The Labute approximate surface area is 147 Å². The summed E-state index contributed by atoms with van der Waals surface area (Å²) in [4.78, 5) is 18.9. The highest BCUT2D eigenvalue weighted by atomic mass is 16.5. The van der Waals surface area contributed by atoms with Gasteiger partial charge in [0.1, 0.15) is 17.5 Å². The zero-order valence-electron chi connectivity index (χ0n) is 14.9. The third kappa shape index (κ3) is 4.35. The van der Waals surface area contributed by atoms with Gasteiger partial charge in [-0.2, -0.15) is 10.4 Å². The number of hydrogen-bond donors (Lipinski definition) is 2. The molecule has 2 fully saturated rings. The van der Waals surface area contributed by atoms with Gasteiger partial charge in [-0.15, -0.1) is 0 Å². The van der Waals surface area contributed by atoms with Crippen LogP contribution in [0.2, 0.25) is 0 Å². The smallest absolute Gasteiger partial charge is 0.235 e. The van der Waals surface area contributed by atoms with Crippen LogP contribution < -0.4 is 5.32 Å². The normalized spacial score (nSPS) is 23.6. The molecule has 1 saturated carbocycles. The number of amides is 1. The molecule has 2 atom stereocenters. The fraction of sp³-hybridized carbons (Fsp3) is 0.765. The Bertz CT molecular complexity index is 650. The molecule has 3 rings (SSSR count). The lowest BCUT2D eigenvalue weighted by atomic mass is 9.98. The van der Waals surface area contributed by atoms with Gasteiger partial charge in [0.05, 0.1) is 19.2 Å². The van der Waals surface area contributed by atoms with Gasteiger partial charge in [-0.05, 0) is 32.1 Å². The van der Waals surface area contributed by atoms with Crippen LogP contribution in [0, 0.1) is 17.2 Å². The van der Waals surface area contributed by atoms with Crippen LogP contribution in [0.3, 0.4) is 0 Å². The minimum atomic E-state index is -0.748. The van der Waals surface area contributed by atoms with E-state index in [4.69, 9.17) is 4.74 Å². The van der Waals surface area contributed by atoms with E-state index in [1.807, 2.05) is 11.8 Å². The highest BCUT2D eigenvalue weighted by Crippen LogP contribution is 2.39. The molecular formula is C17H26N6O2. The van der Waals surface area contributed by atoms with Crippen molar-refractivity contribution < 1.29 is 9.53 Å². The van der Waals surface area contributed by atoms with Crippen LogP contribution in [0.25, 0.3) is 0 Å². The van der Waals surface area contributed by atoms with Gasteiger partial charge in [-0.3, -0.25) is 14.8 Å². The topological polar surface area (TPSA) is 107 Å². The number of nitriles is 1. The first-order chi connectivity index (χ1) is 12.0. The lowest BCUT2D eigenvalue weighted by Gasteiger charge is -2.32. The number of carbonyl (C=O) groups is 1. The van der Waals surface area contributed by atoms with Gasteiger partial charge in [0.15, 0.2) is 5.82 Å². The minimum Gasteiger partial charge on any atom is -0.367 e. The van der Waals surface area contributed by atoms with Crippen molar-refractivity contribution >= 4 is 5.91 Å². The van der Waals surface area contributed by atoms with Crippen LogP contribution in [0.4, 0.5) is 0 Å². The second-order valence-electron chi connectivity index (χ2n) is 7.12. The summed E-state index contributed by atoms with van der Waals surface area (Å²) >= 11 is 0. The maximum Gasteiger partial charge on any atom is 0.235 e. The number of nitrogens with one attached hydrogen (secondary N) is 2. The van der Waals surface area contributed by atoms with Gasteiger partial charge in [0, 0.05) is 19.5 Å². The van der Waals surface area contributed by atoms with Gasteiger partial charge in [0.2, 0.25) is 5.91 Å². The number of aromatic nitrogens is 3. The van der Waals surface area contributed by atoms with Crippen molar-refractivity contribution in [3.63, 3.8) is 0 Å².